The van der Waals surface area contributed by atoms with Crippen LogP contribution in [0.5, 0.6) is 0 Å². The van der Waals surface area contributed by atoms with Crippen LogP contribution in [0.1, 0.15) is 35.9 Å². The molecule has 0 radical (unpaired) electrons. The van der Waals surface area contributed by atoms with E-state index < -0.39 is 0 Å². The zero-order valence-corrected chi connectivity index (χ0v) is 14.8. The lowest BCUT2D eigenvalue weighted by Crippen LogP contribution is -2.40. The molecule has 1 N–H and O–H groups in total. The highest BCUT2D eigenvalue weighted by molar-refractivity contribution is 7.10. The minimum absolute atomic E-state index is 0.347. The topological polar surface area (TPSA) is 24.5 Å². The van der Waals surface area contributed by atoms with E-state index >= 15 is 0 Å². The van der Waals surface area contributed by atoms with Crippen molar-refractivity contribution < 1.29 is 4.74 Å². The Hall–Kier alpha value is -1.20. The van der Waals surface area contributed by atoms with Crippen molar-refractivity contribution in [1.29, 1.82) is 0 Å². The molecule has 0 aliphatic carbocycles. The number of ether oxygens (including phenoxy) is 1. The average molecular weight is 330 g/mol. The van der Waals surface area contributed by atoms with Gasteiger partial charge in [0.25, 0.3) is 0 Å². The molecule has 0 amide bonds. The van der Waals surface area contributed by atoms with E-state index in [4.69, 9.17) is 4.74 Å². The Labute approximate surface area is 143 Å². The number of hydrogen-bond acceptors (Lipinski definition) is 4. The first-order chi connectivity index (χ1) is 11.2. The molecule has 0 bridgehead atoms. The molecule has 23 heavy (non-hydrogen) atoms. The Balaban J connectivity index is 1.54. The quantitative estimate of drug-likeness (QED) is 0.871. The van der Waals surface area contributed by atoms with E-state index in [1.165, 1.54) is 16.0 Å². The Morgan fingerprint density at radius 2 is 2.17 bits per heavy atom. The van der Waals surface area contributed by atoms with Crippen LogP contribution in [-0.2, 0) is 17.8 Å². The molecule has 3 rings (SSSR count). The van der Waals surface area contributed by atoms with Gasteiger partial charge in [-0.1, -0.05) is 30.3 Å². The van der Waals surface area contributed by atoms with Crippen molar-refractivity contribution in [3.8, 4) is 0 Å². The number of thiophene rings is 1. The van der Waals surface area contributed by atoms with Crippen LogP contribution in [0.4, 0.5) is 0 Å². The number of benzene rings is 1. The molecule has 1 aromatic carbocycles. The molecule has 2 aromatic rings. The number of morpholine rings is 1. The molecule has 2 atom stereocenters. The Bertz CT molecular complexity index is 599. The fraction of sp³-hybridized carbons (Fsp3) is 0.474. The lowest BCUT2D eigenvalue weighted by Gasteiger charge is -2.31. The van der Waals surface area contributed by atoms with Gasteiger partial charge < -0.3 is 10.1 Å². The summed E-state index contributed by atoms with van der Waals surface area (Å²) in [6, 6.07) is 13.6. The van der Waals surface area contributed by atoms with Crippen molar-refractivity contribution in [1.82, 2.24) is 10.2 Å². The summed E-state index contributed by atoms with van der Waals surface area (Å²) in [5, 5.41) is 5.75. The Morgan fingerprint density at radius 1 is 1.30 bits per heavy atom. The monoisotopic (exact) mass is 330 g/mol. The van der Waals surface area contributed by atoms with Crippen LogP contribution in [0.2, 0.25) is 0 Å². The SMILES string of the molecule is C[C@H]1CN(Cc2cccc(CN[C@H](C)c3cccs3)c2)CCO1. The number of nitrogens with zero attached hydrogens (tertiary/aromatic N) is 1. The molecular weight excluding hydrogens is 304 g/mol. The summed E-state index contributed by atoms with van der Waals surface area (Å²) in [5.41, 5.74) is 2.74. The van der Waals surface area contributed by atoms with Crippen LogP contribution < -0.4 is 5.32 Å². The van der Waals surface area contributed by atoms with Gasteiger partial charge in [0.15, 0.2) is 0 Å². The smallest absolute Gasteiger partial charge is 0.0674 e. The van der Waals surface area contributed by atoms with E-state index in [1.54, 1.807) is 0 Å². The van der Waals surface area contributed by atoms with Crippen LogP contribution in [-0.4, -0.2) is 30.7 Å². The highest BCUT2D eigenvalue weighted by Crippen LogP contribution is 2.19. The van der Waals surface area contributed by atoms with Crippen LogP contribution >= 0.6 is 11.3 Å². The Morgan fingerprint density at radius 3 is 2.96 bits per heavy atom. The van der Waals surface area contributed by atoms with Crippen molar-refractivity contribution in [3.05, 3.63) is 57.8 Å². The highest BCUT2D eigenvalue weighted by atomic mass is 32.1. The van der Waals surface area contributed by atoms with E-state index in [1.807, 2.05) is 11.3 Å². The van der Waals surface area contributed by atoms with Gasteiger partial charge >= 0.3 is 0 Å². The first kappa shape index (κ1) is 16.7. The normalized spacial score (nSPS) is 20.5. The van der Waals surface area contributed by atoms with Crippen molar-refractivity contribution in [2.24, 2.45) is 0 Å². The average Bonchev–Trinajstić information content (AvgIpc) is 3.07. The van der Waals surface area contributed by atoms with E-state index in [2.05, 4.69) is 65.8 Å². The molecule has 1 aromatic heterocycles. The molecule has 0 spiro atoms. The molecule has 124 valence electrons. The summed E-state index contributed by atoms with van der Waals surface area (Å²) >= 11 is 1.81. The maximum Gasteiger partial charge on any atom is 0.0674 e. The van der Waals surface area contributed by atoms with Gasteiger partial charge in [-0.25, -0.2) is 0 Å². The van der Waals surface area contributed by atoms with E-state index in [0.717, 1.165) is 32.8 Å². The second kappa shape index (κ2) is 8.06. The van der Waals surface area contributed by atoms with Crippen molar-refractivity contribution in [3.63, 3.8) is 0 Å². The molecule has 1 aliphatic rings. The zero-order valence-electron chi connectivity index (χ0n) is 14.0. The van der Waals surface area contributed by atoms with Gasteiger partial charge in [-0.15, -0.1) is 11.3 Å². The summed E-state index contributed by atoms with van der Waals surface area (Å²) in [6.45, 7) is 9.21. The van der Waals surface area contributed by atoms with Crippen LogP contribution in [0.15, 0.2) is 41.8 Å². The standard InChI is InChI=1S/C19H26N2OS/c1-15-13-21(8-9-22-15)14-18-6-3-5-17(11-18)12-20-16(2)19-7-4-10-23-19/h3-7,10-11,15-16,20H,8-9,12-14H2,1-2H3/t15-,16+/m0/s1. The molecule has 4 heteroatoms. The summed E-state index contributed by atoms with van der Waals surface area (Å²) < 4.78 is 5.62. The van der Waals surface area contributed by atoms with Gasteiger partial charge in [-0.05, 0) is 36.4 Å². The largest absolute Gasteiger partial charge is 0.376 e. The molecule has 0 unspecified atom stereocenters. The third kappa shape index (κ3) is 4.88. The maximum absolute atomic E-state index is 5.62. The van der Waals surface area contributed by atoms with Gasteiger partial charge in [0.05, 0.1) is 12.7 Å². The zero-order chi connectivity index (χ0) is 16.1. The van der Waals surface area contributed by atoms with Gasteiger partial charge in [0.2, 0.25) is 0 Å². The van der Waals surface area contributed by atoms with Gasteiger partial charge in [-0.2, -0.15) is 0 Å². The minimum atomic E-state index is 0.347. The van der Waals surface area contributed by atoms with Gasteiger partial charge in [0.1, 0.15) is 0 Å². The summed E-state index contributed by atoms with van der Waals surface area (Å²) in [4.78, 5) is 3.87. The molecule has 0 saturated carbocycles. The number of rotatable bonds is 6. The van der Waals surface area contributed by atoms with Crippen molar-refractivity contribution >= 4 is 11.3 Å². The van der Waals surface area contributed by atoms with Crippen molar-refractivity contribution in [2.75, 3.05) is 19.7 Å². The van der Waals surface area contributed by atoms with E-state index in [9.17, 15) is 0 Å². The lowest BCUT2D eigenvalue weighted by molar-refractivity contribution is -0.0212. The van der Waals surface area contributed by atoms with Gasteiger partial charge in [-0.3, -0.25) is 4.90 Å². The predicted octanol–water partition coefficient (Wildman–Crippen LogP) is 3.82. The second-order valence-electron chi connectivity index (χ2n) is 6.35. The molecule has 2 heterocycles. The third-order valence-electron chi connectivity index (χ3n) is 4.31. The molecule has 1 saturated heterocycles. The first-order valence-corrected chi connectivity index (χ1v) is 9.27. The molecule has 1 fully saturated rings. The van der Waals surface area contributed by atoms with Crippen LogP contribution in [0.3, 0.4) is 0 Å². The van der Waals surface area contributed by atoms with Crippen LogP contribution in [0, 0.1) is 0 Å². The van der Waals surface area contributed by atoms with Crippen molar-refractivity contribution in [2.45, 2.75) is 39.1 Å². The third-order valence-corrected chi connectivity index (χ3v) is 5.36. The lowest BCUT2D eigenvalue weighted by atomic mass is 10.1. The van der Waals surface area contributed by atoms with Gasteiger partial charge in [0, 0.05) is 37.1 Å². The Kier molecular flexibility index (Phi) is 5.84. The number of nitrogens with one attached hydrogen (secondary N) is 1. The molecular formula is C19H26N2OS. The fourth-order valence-corrected chi connectivity index (χ4v) is 3.80. The highest BCUT2D eigenvalue weighted by Gasteiger charge is 2.16. The summed E-state index contributed by atoms with van der Waals surface area (Å²) in [6.07, 6.45) is 0.347. The summed E-state index contributed by atoms with van der Waals surface area (Å²) in [5.74, 6) is 0. The first-order valence-electron chi connectivity index (χ1n) is 8.39. The maximum atomic E-state index is 5.62. The van der Waals surface area contributed by atoms with Crippen LogP contribution in [0.25, 0.3) is 0 Å². The summed E-state index contributed by atoms with van der Waals surface area (Å²) in [7, 11) is 0. The van der Waals surface area contributed by atoms with E-state index in [-0.39, 0.29) is 0 Å². The second-order valence-corrected chi connectivity index (χ2v) is 7.33. The predicted molar refractivity (Wildman–Crippen MR) is 96.7 cm³/mol. The number of hydrogen-bond donors (Lipinski definition) is 1. The molecule has 1 aliphatic heterocycles. The fourth-order valence-electron chi connectivity index (χ4n) is 3.04. The van der Waals surface area contributed by atoms with E-state index in [0.29, 0.717) is 12.1 Å². The molecule has 3 nitrogen and oxygen atoms in total. The minimum Gasteiger partial charge on any atom is -0.376 e.